The Bertz CT molecular complexity index is 159. The van der Waals surface area contributed by atoms with E-state index in [2.05, 4.69) is 0 Å². The molecule has 3 saturated carbocycles. The molecule has 13 heavy (non-hydrogen) atoms. The molecule has 0 aromatic heterocycles. The molecule has 0 saturated heterocycles. The number of hydrogen-bond acceptors (Lipinski definition) is 2. The van der Waals surface area contributed by atoms with Crippen molar-refractivity contribution in [1.82, 2.24) is 0 Å². The third-order valence-electron chi connectivity index (χ3n) is 3.91. The smallest absolute Gasteiger partial charge is 0.0518 e. The van der Waals surface area contributed by atoms with E-state index in [1.165, 1.54) is 38.5 Å². The van der Waals surface area contributed by atoms with Crippen molar-refractivity contribution in [2.45, 2.75) is 44.1 Å². The Balaban J connectivity index is 0.000000845. The Labute approximate surface area is 86.6 Å². The lowest BCUT2D eigenvalue weighted by Crippen LogP contribution is -2.53. The lowest BCUT2D eigenvalue weighted by molar-refractivity contribution is -0.0195. The van der Waals surface area contributed by atoms with Gasteiger partial charge in [0.05, 0.1) is 6.61 Å². The van der Waals surface area contributed by atoms with Gasteiger partial charge in [-0.2, -0.15) is 0 Å². The SMILES string of the molecule is COCC12CCC(N)(CC1)CC2.Cl. The maximum Gasteiger partial charge on any atom is 0.0518 e. The molecule has 3 rings (SSSR count). The van der Waals surface area contributed by atoms with E-state index in [1.807, 2.05) is 7.11 Å². The summed E-state index contributed by atoms with van der Waals surface area (Å²) in [6.07, 6.45) is 7.52. The van der Waals surface area contributed by atoms with Crippen molar-refractivity contribution in [3.05, 3.63) is 0 Å². The van der Waals surface area contributed by atoms with Crippen molar-refractivity contribution in [3.63, 3.8) is 0 Å². The van der Waals surface area contributed by atoms with E-state index in [9.17, 15) is 0 Å². The zero-order valence-corrected chi connectivity index (χ0v) is 9.16. The zero-order chi connectivity index (χ0) is 8.66. The van der Waals surface area contributed by atoms with Gasteiger partial charge in [-0.3, -0.25) is 0 Å². The van der Waals surface area contributed by atoms with Crippen LogP contribution in [0.25, 0.3) is 0 Å². The molecule has 3 aliphatic rings. The molecular formula is C10H20ClNO. The number of methoxy groups -OCH3 is 1. The Morgan fingerprint density at radius 2 is 1.54 bits per heavy atom. The first kappa shape index (κ1) is 11.3. The maximum atomic E-state index is 6.21. The minimum atomic E-state index is 0. The van der Waals surface area contributed by atoms with Crippen LogP contribution in [0.3, 0.4) is 0 Å². The molecule has 0 aromatic carbocycles. The van der Waals surface area contributed by atoms with Gasteiger partial charge < -0.3 is 10.5 Å². The van der Waals surface area contributed by atoms with Crippen LogP contribution < -0.4 is 5.73 Å². The molecule has 0 heterocycles. The maximum absolute atomic E-state index is 6.21. The normalized spacial score (nSPS) is 42.9. The molecule has 0 spiro atoms. The van der Waals surface area contributed by atoms with Crippen LogP contribution in [0.15, 0.2) is 0 Å². The van der Waals surface area contributed by atoms with Crippen LogP contribution in [0.4, 0.5) is 0 Å². The number of nitrogens with two attached hydrogens (primary N) is 1. The van der Waals surface area contributed by atoms with Crippen molar-refractivity contribution in [3.8, 4) is 0 Å². The van der Waals surface area contributed by atoms with Gasteiger partial charge >= 0.3 is 0 Å². The quantitative estimate of drug-likeness (QED) is 0.750. The van der Waals surface area contributed by atoms with Gasteiger partial charge in [0, 0.05) is 12.6 Å². The van der Waals surface area contributed by atoms with E-state index in [-0.39, 0.29) is 17.9 Å². The average molecular weight is 206 g/mol. The molecule has 78 valence electrons. The minimum absolute atomic E-state index is 0. The topological polar surface area (TPSA) is 35.2 Å². The number of rotatable bonds is 2. The first-order valence-corrected chi connectivity index (χ1v) is 4.96. The highest BCUT2D eigenvalue weighted by Crippen LogP contribution is 2.51. The summed E-state index contributed by atoms with van der Waals surface area (Å²) in [5.74, 6) is 0. The Morgan fingerprint density at radius 3 is 1.92 bits per heavy atom. The largest absolute Gasteiger partial charge is 0.384 e. The zero-order valence-electron chi connectivity index (χ0n) is 8.34. The molecule has 2 bridgehead atoms. The average Bonchev–Trinajstić information content (AvgIpc) is 2.08. The fourth-order valence-electron chi connectivity index (χ4n) is 2.82. The Hall–Kier alpha value is 0.210. The van der Waals surface area contributed by atoms with Gasteiger partial charge in [0.2, 0.25) is 0 Å². The first-order chi connectivity index (χ1) is 5.68. The summed E-state index contributed by atoms with van der Waals surface area (Å²) < 4.78 is 5.29. The highest BCUT2D eigenvalue weighted by Gasteiger charge is 2.46. The van der Waals surface area contributed by atoms with E-state index in [1.54, 1.807) is 0 Å². The summed E-state index contributed by atoms with van der Waals surface area (Å²) in [6.45, 7) is 0.948. The second-order valence-corrected chi connectivity index (χ2v) is 4.80. The summed E-state index contributed by atoms with van der Waals surface area (Å²) in [5, 5.41) is 0. The van der Waals surface area contributed by atoms with Gasteiger partial charge in [0.25, 0.3) is 0 Å². The van der Waals surface area contributed by atoms with Crippen LogP contribution in [0, 0.1) is 5.41 Å². The molecule has 0 atom stereocenters. The molecule has 0 aliphatic heterocycles. The van der Waals surface area contributed by atoms with Crippen LogP contribution in [0.1, 0.15) is 38.5 Å². The standard InChI is InChI=1S/C10H19NO.ClH/c1-12-8-9-2-5-10(11,6-3-9)7-4-9;/h2-8,11H2,1H3;1H. The van der Waals surface area contributed by atoms with Crippen LogP contribution in [-0.2, 0) is 4.74 Å². The third kappa shape index (κ3) is 2.00. The lowest BCUT2D eigenvalue weighted by atomic mass is 9.58. The van der Waals surface area contributed by atoms with Crippen LogP contribution in [0.5, 0.6) is 0 Å². The molecule has 0 radical (unpaired) electrons. The van der Waals surface area contributed by atoms with E-state index in [4.69, 9.17) is 10.5 Å². The second kappa shape index (κ2) is 3.76. The monoisotopic (exact) mass is 205 g/mol. The molecule has 2 nitrogen and oxygen atoms in total. The summed E-state index contributed by atoms with van der Waals surface area (Å²) in [4.78, 5) is 0. The predicted octanol–water partition coefficient (Wildman–Crippen LogP) is 2.11. The van der Waals surface area contributed by atoms with Gasteiger partial charge in [0.15, 0.2) is 0 Å². The van der Waals surface area contributed by atoms with Gasteiger partial charge in [-0.05, 0) is 43.9 Å². The fourth-order valence-corrected chi connectivity index (χ4v) is 2.82. The summed E-state index contributed by atoms with van der Waals surface area (Å²) in [7, 11) is 1.81. The Kier molecular flexibility index (Phi) is 3.26. The summed E-state index contributed by atoms with van der Waals surface area (Å²) in [5.41, 5.74) is 6.92. The first-order valence-electron chi connectivity index (χ1n) is 4.96. The predicted molar refractivity (Wildman–Crippen MR) is 56.2 cm³/mol. The van der Waals surface area contributed by atoms with Crippen LogP contribution in [-0.4, -0.2) is 19.3 Å². The summed E-state index contributed by atoms with van der Waals surface area (Å²) in [6, 6.07) is 0. The van der Waals surface area contributed by atoms with Crippen molar-refractivity contribution in [2.75, 3.05) is 13.7 Å². The highest BCUT2D eigenvalue weighted by atomic mass is 35.5. The molecule has 3 heteroatoms. The molecule has 0 amide bonds. The highest BCUT2D eigenvalue weighted by molar-refractivity contribution is 5.85. The van der Waals surface area contributed by atoms with E-state index in [0.29, 0.717) is 5.41 Å². The molecule has 2 N–H and O–H groups in total. The van der Waals surface area contributed by atoms with Gasteiger partial charge in [-0.15, -0.1) is 12.4 Å². The van der Waals surface area contributed by atoms with Gasteiger partial charge in [-0.25, -0.2) is 0 Å². The number of halogens is 1. The van der Waals surface area contributed by atoms with Crippen LogP contribution in [0.2, 0.25) is 0 Å². The minimum Gasteiger partial charge on any atom is -0.384 e. The van der Waals surface area contributed by atoms with E-state index < -0.39 is 0 Å². The molecular weight excluding hydrogens is 186 g/mol. The molecule has 3 aliphatic carbocycles. The summed E-state index contributed by atoms with van der Waals surface area (Å²) >= 11 is 0. The van der Waals surface area contributed by atoms with Crippen molar-refractivity contribution in [1.29, 1.82) is 0 Å². The lowest BCUT2D eigenvalue weighted by Gasteiger charge is -2.51. The Morgan fingerprint density at radius 1 is 1.08 bits per heavy atom. The van der Waals surface area contributed by atoms with Crippen molar-refractivity contribution in [2.24, 2.45) is 11.1 Å². The molecule has 0 unspecified atom stereocenters. The number of ether oxygens (including phenoxy) is 1. The van der Waals surface area contributed by atoms with E-state index in [0.717, 1.165) is 6.61 Å². The van der Waals surface area contributed by atoms with Crippen LogP contribution >= 0.6 is 12.4 Å². The second-order valence-electron chi connectivity index (χ2n) is 4.80. The number of fused-ring (bicyclic) bond motifs is 3. The third-order valence-corrected chi connectivity index (χ3v) is 3.91. The molecule has 3 fully saturated rings. The van der Waals surface area contributed by atoms with Crippen molar-refractivity contribution >= 4 is 12.4 Å². The van der Waals surface area contributed by atoms with Gasteiger partial charge in [0.1, 0.15) is 0 Å². The van der Waals surface area contributed by atoms with Crippen molar-refractivity contribution < 1.29 is 4.74 Å². The number of hydrogen-bond donors (Lipinski definition) is 1. The van der Waals surface area contributed by atoms with Gasteiger partial charge in [-0.1, -0.05) is 0 Å². The van der Waals surface area contributed by atoms with E-state index >= 15 is 0 Å². The fraction of sp³-hybridized carbons (Fsp3) is 1.00. The molecule has 0 aromatic rings.